The Balaban J connectivity index is 2.10. The highest BCUT2D eigenvalue weighted by Crippen LogP contribution is 2.27. The van der Waals surface area contributed by atoms with Crippen LogP contribution in [0.1, 0.15) is 21.5 Å². The summed E-state index contributed by atoms with van der Waals surface area (Å²) in [6.07, 6.45) is 0. The van der Waals surface area contributed by atoms with Crippen molar-refractivity contribution < 1.29 is 9.18 Å². The molecule has 0 spiro atoms. The quantitative estimate of drug-likeness (QED) is 0.664. The zero-order valence-corrected chi connectivity index (χ0v) is 12.2. The summed E-state index contributed by atoms with van der Waals surface area (Å²) in [4.78, 5) is 12.7. The lowest BCUT2D eigenvalue weighted by atomic mass is 9.93. The smallest absolute Gasteiger partial charge is 0.193 e. The van der Waals surface area contributed by atoms with Crippen LogP contribution < -0.4 is 0 Å². The zero-order chi connectivity index (χ0) is 16.2. The van der Waals surface area contributed by atoms with E-state index < -0.39 is 5.82 Å². The van der Waals surface area contributed by atoms with Crippen LogP contribution in [-0.4, -0.2) is 5.78 Å². The van der Waals surface area contributed by atoms with Gasteiger partial charge >= 0.3 is 0 Å². The van der Waals surface area contributed by atoms with E-state index in [9.17, 15) is 9.18 Å². The van der Waals surface area contributed by atoms with Crippen molar-refractivity contribution in [3.63, 3.8) is 0 Å². The number of rotatable bonds is 3. The Morgan fingerprint density at radius 1 is 0.913 bits per heavy atom. The van der Waals surface area contributed by atoms with E-state index in [4.69, 9.17) is 5.26 Å². The maximum absolute atomic E-state index is 13.9. The SMILES string of the molecule is N#Cc1ccc(-c2ccccc2C(=O)c2ccccc2)cc1F. The molecule has 0 aliphatic heterocycles. The van der Waals surface area contributed by atoms with Gasteiger partial charge in [0.15, 0.2) is 5.78 Å². The Labute approximate surface area is 133 Å². The minimum absolute atomic E-state index is 0.0133. The number of halogens is 1. The maximum Gasteiger partial charge on any atom is 0.193 e. The summed E-state index contributed by atoms with van der Waals surface area (Å²) < 4.78 is 13.9. The standard InChI is InChI=1S/C20H12FNO/c21-19-12-15(10-11-16(19)13-22)17-8-4-5-9-18(17)20(23)14-6-2-1-3-7-14/h1-12H. The van der Waals surface area contributed by atoms with E-state index in [1.165, 1.54) is 12.1 Å². The molecule has 2 nitrogen and oxygen atoms in total. The van der Waals surface area contributed by atoms with Gasteiger partial charge in [0.25, 0.3) is 0 Å². The van der Waals surface area contributed by atoms with Gasteiger partial charge in [-0.1, -0.05) is 60.7 Å². The van der Waals surface area contributed by atoms with E-state index in [-0.39, 0.29) is 11.3 Å². The van der Waals surface area contributed by atoms with Crippen LogP contribution >= 0.6 is 0 Å². The Morgan fingerprint density at radius 2 is 1.61 bits per heavy atom. The molecule has 0 bridgehead atoms. The van der Waals surface area contributed by atoms with Crippen molar-refractivity contribution in [3.05, 3.63) is 95.3 Å². The highest BCUT2D eigenvalue weighted by atomic mass is 19.1. The molecule has 0 aliphatic rings. The highest BCUT2D eigenvalue weighted by Gasteiger charge is 2.15. The summed E-state index contributed by atoms with van der Waals surface area (Å²) in [6, 6.07) is 22.2. The summed E-state index contributed by atoms with van der Waals surface area (Å²) >= 11 is 0. The van der Waals surface area contributed by atoms with Gasteiger partial charge in [0, 0.05) is 11.1 Å². The van der Waals surface area contributed by atoms with E-state index in [0.29, 0.717) is 22.3 Å². The van der Waals surface area contributed by atoms with Crippen LogP contribution in [0.4, 0.5) is 4.39 Å². The summed E-state index contributed by atoms with van der Waals surface area (Å²) in [5.41, 5.74) is 2.28. The molecule has 23 heavy (non-hydrogen) atoms. The van der Waals surface area contributed by atoms with Crippen LogP contribution in [0.15, 0.2) is 72.8 Å². The van der Waals surface area contributed by atoms with Gasteiger partial charge < -0.3 is 0 Å². The third kappa shape index (κ3) is 2.88. The molecule has 3 rings (SSSR count). The lowest BCUT2D eigenvalue weighted by molar-refractivity contribution is 0.103. The zero-order valence-electron chi connectivity index (χ0n) is 12.2. The Bertz CT molecular complexity index is 910. The molecule has 0 amide bonds. The molecule has 3 aromatic carbocycles. The van der Waals surface area contributed by atoms with Crippen molar-refractivity contribution >= 4 is 5.78 Å². The average Bonchev–Trinajstić information content (AvgIpc) is 2.62. The highest BCUT2D eigenvalue weighted by molar-refractivity contribution is 6.12. The van der Waals surface area contributed by atoms with Crippen molar-refractivity contribution in [2.45, 2.75) is 0 Å². The van der Waals surface area contributed by atoms with Crippen LogP contribution in [0.2, 0.25) is 0 Å². The van der Waals surface area contributed by atoms with Crippen LogP contribution in [0.3, 0.4) is 0 Å². The van der Waals surface area contributed by atoms with Gasteiger partial charge in [0.2, 0.25) is 0 Å². The second-order valence-electron chi connectivity index (χ2n) is 5.05. The van der Waals surface area contributed by atoms with Crippen molar-refractivity contribution in [3.8, 4) is 17.2 Å². The average molecular weight is 301 g/mol. The van der Waals surface area contributed by atoms with E-state index in [1.54, 1.807) is 60.7 Å². The van der Waals surface area contributed by atoms with Gasteiger partial charge in [0.05, 0.1) is 5.56 Å². The minimum atomic E-state index is -0.591. The van der Waals surface area contributed by atoms with Crippen molar-refractivity contribution in [1.29, 1.82) is 5.26 Å². The number of hydrogen-bond acceptors (Lipinski definition) is 2. The monoisotopic (exact) mass is 301 g/mol. The molecule has 0 saturated heterocycles. The minimum Gasteiger partial charge on any atom is -0.289 e. The number of hydrogen-bond donors (Lipinski definition) is 0. The summed E-state index contributed by atoms with van der Waals surface area (Å²) in [5, 5.41) is 8.83. The normalized spacial score (nSPS) is 10.1. The fraction of sp³-hybridized carbons (Fsp3) is 0. The number of carbonyl (C=O) groups excluding carboxylic acids is 1. The van der Waals surface area contributed by atoms with Crippen LogP contribution in [0.5, 0.6) is 0 Å². The Hall–Kier alpha value is -3.25. The third-order valence-electron chi connectivity index (χ3n) is 3.61. The molecule has 0 atom stereocenters. The number of nitrogens with zero attached hydrogens (tertiary/aromatic N) is 1. The second kappa shape index (κ2) is 6.25. The molecule has 0 unspecified atom stereocenters. The first-order valence-electron chi connectivity index (χ1n) is 7.09. The topological polar surface area (TPSA) is 40.9 Å². The molecule has 0 aliphatic carbocycles. The summed E-state index contributed by atoms with van der Waals surface area (Å²) in [7, 11) is 0. The molecule has 0 saturated carbocycles. The van der Waals surface area contributed by atoms with Gasteiger partial charge in [-0.2, -0.15) is 5.26 Å². The molecule has 0 heterocycles. The van der Waals surface area contributed by atoms with E-state index in [2.05, 4.69) is 0 Å². The molecule has 0 aromatic heterocycles. The van der Waals surface area contributed by atoms with Crippen LogP contribution in [0.25, 0.3) is 11.1 Å². The van der Waals surface area contributed by atoms with Crippen LogP contribution in [-0.2, 0) is 0 Å². The number of benzene rings is 3. The molecule has 0 N–H and O–H groups in total. The number of ketones is 1. The van der Waals surface area contributed by atoms with Crippen LogP contribution in [0, 0.1) is 17.1 Å². The van der Waals surface area contributed by atoms with Gasteiger partial charge in [-0.15, -0.1) is 0 Å². The fourth-order valence-corrected chi connectivity index (χ4v) is 2.45. The largest absolute Gasteiger partial charge is 0.289 e. The molecular formula is C20H12FNO. The van der Waals surface area contributed by atoms with Gasteiger partial charge in [-0.3, -0.25) is 4.79 Å². The number of nitriles is 1. The Kier molecular flexibility index (Phi) is 3.99. The number of carbonyl (C=O) groups is 1. The van der Waals surface area contributed by atoms with Crippen molar-refractivity contribution in [2.75, 3.05) is 0 Å². The van der Waals surface area contributed by atoms with Crippen molar-refractivity contribution in [1.82, 2.24) is 0 Å². The molecule has 3 heteroatoms. The summed E-state index contributed by atoms with van der Waals surface area (Å²) in [5.74, 6) is -0.710. The first kappa shape index (κ1) is 14.7. The van der Waals surface area contributed by atoms with E-state index in [0.717, 1.165) is 0 Å². The first-order valence-corrected chi connectivity index (χ1v) is 7.09. The molecular weight excluding hydrogens is 289 g/mol. The Morgan fingerprint density at radius 3 is 2.30 bits per heavy atom. The predicted molar refractivity (Wildman–Crippen MR) is 86.4 cm³/mol. The fourth-order valence-electron chi connectivity index (χ4n) is 2.45. The lowest BCUT2D eigenvalue weighted by Crippen LogP contribution is -2.03. The van der Waals surface area contributed by atoms with Gasteiger partial charge in [-0.05, 0) is 23.3 Å². The van der Waals surface area contributed by atoms with Gasteiger partial charge in [0.1, 0.15) is 11.9 Å². The molecule has 3 aromatic rings. The van der Waals surface area contributed by atoms with E-state index >= 15 is 0 Å². The van der Waals surface area contributed by atoms with Crippen molar-refractivity contribution in [2.24, 2.45) is 0 Å². The van der Waals surface area contributed by atoms with E-state index in [1.807, 2.05) is 6.07 Å². The molecule has 0 fully saturated rings. The molecule has 0 radical (unpaired) electrons. The third-order valence-corrected chi connectivity index (χ3v) is 3.61. The maximum atomic E-state index is 13.9. The molecule has 110 valence electrons. The second-order valence-corrected chi connectivity index (χ2v) is 5.05. The summed E-state index contributed by atoms with van der Waals surface area (Å²) in [6.45, 7) is 0. The first-order chi connectivity index (χ1) is 11.2. The lowest BCUT2D eigenvalue weighted by Gasteiger charge is -2.09. The van der Waals surface area contributed by atoms with Gasteiger partial charge in [-0.25, -0.2) is 4.39 Å². The predicted octanol–water partition coefficient (Wildman–Crippen LogP) is 4.60.